The number of fused-ring (bicyclic) bond motifs is 1. The number of benzene rings is 2. The largest absolute Gasteiger partial charge is 0.489 e. The van der Waals surface area contributed by atoms with Gasteiger partial charge in [-0.1, -0.05) is 30.3 Å². The lowest BCUT2D eigenvalue weighted by molar-refractivity contribution is -0.133. The summed E-state index contributed by atoms with van der Waals surface area (Å²) in [6.45, 7) is 8.23. The van der Waals surface area contributed by atoms with Crippen LogP contribution in [0, 0.1) is 13.8 Å². The van der Waals surface area contributed by atoms with Crippen LogP contribution in [0.4, 0.5) is 4.79 Å². The summed E-state index contributed by atoms with van der Waals surface area (Å²) in [6.07, 6.45) is -0.759. The number of nitrogens with one attached hydrogen (secondary N) is 1. The Balaban J connectivity index is 1.53. The summed E-state index contributed by atoms with van der Waals surface area (Å²) in [5.41, 5.74) is 0.726. The fraction of sp³-hybridized carbons (Fsp3) is 0.276. The van der Waals surface area contributed by atoms with Gasteiger partial charge in [0, 0.05) is 10.9 Å². The molecule has 2 aromatic carbocycles. The summed E-state index contributed by atoms with van der Waals surface area (Å²) >= 11 is 0. The van der Waals surface area contributed by atoms with Crippen molar-refractivity contribution in [3.05, 3.63) is 81.7 Å². The van der Waals surface area contributed by atoms with Gasteiger partial charge in [0.15, 0.2) is 11.5 Å². The standard InChI is InChI=1S/C29H29NO8/c1-17-25(36-24(31)15-30-28(33)38-29(3,4)5)18(2)27(32)37-26(17)23-14-20-13-21(11-12-22(20)35-23)34-16-19-9-7-6-8-10-19/h6-14H,15-16H2,1-5H3,(H,30,33). The van der Waals surface area contributed by atoms with Crippen molar-refractivity contribution in [3.8, 4) is 23.0 Å². The number of carbonyl (C=O) groups excluding carboxylic acids is 2. The van der Waals surface area contributed by atoms with Gasteiger partial charge < -0.3 is 28.4 Å². The van der Waals surface area contributed by atoms with E-state index in [4.69, 9.17) is 23.0 Å². The zero-order valence-corrected chi connectivity index (χ0v) is 21.9. The maximum atomic E-state index is 12.6. The minimum atomic E-state index is -0.775. The van der Waals surface area contributed by atoms with Crippen molar-refractivity contribution in [2.24, 2.45) is 0 Å². The average molecular weight is 520 g/mol. The number of carbonyl (C=O) groups is 2. The highest BCUT2D eigenvalue weighted by molar-refractivity contribution is 5.84. The number of hydrogen-bond donors (Lipinski definition) is 1. The molecule has 0 saturated heterocycles. The number of hydrogen-bond acceptors (Lipinski definition) is 8. The number of rotatable bonds is 7. The number of ether oxygens (including phenoxy) is 3. The minimum Gasteiger partial charge on any atom is -0.489 e. The molecular weight excluding hydrogens is 490 g/mol. The molecule has 0 aliphatic rings. The van der Waals surface area contributed by atoms with Crippen molar-refractivity contribution >= 4 is 23.0 Å². The molecule has 0 unspecified atom stereocenters. The van der Waals surface area contributed by atoms with E-state index in [1.165, 1.54) is 6.92 Å². The summed E-state index contributed by atoms with van der Waals surface area (Å²) in [7, 11) is 0. The molecule has 2 aromatic heterocycles. The molecule has 9 heteroatoms. The third-order valence-corrected chi connectivity index (χ3v) is 5.47. The van der Waals surface area contributed by atoms with E-state index in [9.17, 15) is 14.4 Å². The van der Waals surface area contributed by atoms with Crippen molar-refractivity contribution in [2.45, 2.75) is 46.8 Å². The van der Waals surface area contributed by atoms with Gasteiger partial charge in [0.1, 0.15) is 35.8 Å². The van der Waals surface area contributed by atoms with Crippen LogP contribution >= 0.6 is 0 Å². The van der Waals surface area contributed by atoms with Gasteiger partial charge >= 0.3 is 17.7 Å². The highest BCUT2D eigenvalue weighted by Gasteiger charge is 2.23. The van der Waals surface area contributed by atoms with Crippen LogP contribution in [0.2, 0.25) is 0 Å². The van der Waals surface area contributed by atoms with Crippen molar-refractivity contribution in [1.82, 2.24) is 5.32 Å². The second-order valence-electron chi connectivity index (χ2n) is 9.71. The van der Waals surface area contributed by atoms with Gasteiger partial charge in [0.25, 0.3) is 0 Å². The van der Waals surface area contributed by atoms with Crippen molar-refractivity contribution < 1.29 is 32.6 Å². The summed E-state index contributed by atoms with van der Waals surface area (Å²) in [5, 5.41) is 3.08. The highest BCUT2D eigenvalue weighted by atomic mass is 16.6. The van der Waals surface area contributed by atoms with Gasteiger partial charge in [0.05, 0.1) is 5.56 Å². The minimum absolute atomic E-state index is 0.0413. The van der Waals surface area contributed by atoms with Crippen molar-refractivity contribution in [3.63, 3.8) is 0 Å². The predicted octanol–water partition coefficient (Wildman–Crippen LogP) is 5.68. The highest BCUT2D eigenvalue weighted by Crippen LogP contribution is 2.35. The van der Waals surface area contributed by atoms with Crippen LogP contribution < -0.4 is 20.4 Å². The third kappa shape index (κ3) is 6.42. The molecule has 0 aliphatic carbocycles. The maximum absolute atomic E-state index is 12.6. The van der Waals surface area contributed by atoms with Gasteiger partial charge in [-0.25, -0.2) is 14.4 Å². The first kappa shape index (κ1) is 26.5. The fourth-order valence-electron chi connectivity index (χ4n) is 3.68. The molecule has 0 saturated carbocycles. The first-order valence-corrected chi connectivity index (χ1v) is 12.0. The summed E-state index contributed by atoms with van der Waals surface area (Å²) in [6, 6.07) is 16.9. The van der Waals surface area contributed by atoms with Gasteiger partial charge in [0.2, 0.25) is 0 Å². The van der Waals surface area contributed by atoms with E-state index >= 15 is 0 Å². The molecule has 4 aromatic rings. The maximum Gasteiger partial charge on any atom is 0.408 e. The zero-order valence-electron chi connectivity index (χ0n) is 21.9. The Morgan fingerprint density at radius 3 is 2.39 bits per heavy atom. The van der Waals surface area contributed by atoms with Crippen LogP contribution in [-0.2, 0) is 16.1 Å². The normalized spacial score (nSPS) is 11.3. The first-order valence-electron chi connectivity index (χ1n) is 12.0. The fourth-order valence-corrected chi connectivity index (χ4v) is 3.68. The smallest absolute Gasteiger partial charge is 0.408 e. The van der Waals surface area contributed by atoms with E-state index in [-0.39, 0.29) is 17.1 Å². The van der Waals surface area contributed by atoms with Crippen LogP contribution in [0.25, 0.3) is 22.5 Å². The molecule has 198 valence electrons. The molecule has 9 nitrogen and oxygen atoms in total. The lowest BCUT2D eigenvalue weighted by Gasteiger charge is -2.19. The molecule has 1 amide bonds. The number of amides is 1. The van der Waals surface area contributed by atoms with E-state index in [0.717, 1.165) is 10.9 Å². The van der Waals surface area contributed by atoms with Crippen LogP contribution in [0.3, 0.4) is 0 Å². The number of furan rings is 1. The monoisotopic (exact) mass is 519 g/mol. The molecular formula is C29H29NO8. The van der Waals surface area contributed by atoms with Gasteiger partial charge in [-0.15, -0.1) is 0 Å². The molecule has 0 bridgehead atoms. The second kappa shape index (κ2) is 10.8. The van der Waals surface area contributed by atoms with Crippen LogP contribution in [0.5, 0.6) is 11.5 Å². The number of alkyl carbamates (subject to hydrolysis) is 1. The molecule has 0 fully saturated rings. The zero-order chi connectivity index (χ0) is 27.4. The lowest BCUT2D eigenvalue weighted by Crippen LogP contribution is -2.36. The molecule has 0 spiro atoms. The van der Waals surface area contributed by atoms with Crippen LogP contribution in [0.15, 0.2) is 68.2 Å². The van der Waals surface area contributed by atoms with Gasteiger partial charge in [-0.3, -0.25) is 0 Å². The summed E-state index contributed by atoms with van der Waals surface area (Å²) in [4.78, 5) is 36.8. The summed E-state index contributed by atoms with van der Waals surface area (Å²) < 4.78 is 27.9. The Morgan fingerprint density at radius 1 is 0.947 bits per heavy atom. The van der Waals surface area contributed by atoms with E-state index in [1.54, 1.807) is 45.9 Å². The SMILES string of the molecule is Cc1c(-c2cc3cc(OCc4ccccc4)ccc3o2)oc(=O)c(C)c1OC(=O)CNC(=O)OC(C)(C)C. The molecule has 4 rings (SSSR count). The topological polar surface area (TPSA) is 117 Å². The number of esters is 1. The van der Waals surface area contributed by atoms with E-state index in [0.29, 0.717) is 29.3 Å². The Morgan fingerprint density at radius 2 is 1.68 bits per heavy atom. The van der Waals surface area contributed by atoms with E-state index in [1.807, 2.05) is 36.4 Å². The van der Waals surface area contributed by atoms with Gasteiger partial charge in [-0.05, 0) is 64.4 Å². The predicted molar refractivity (Wildman–Crippen MR) is 140 cm³/mol. The van der Waals surface area contributed by atoms with Crippen LogP contribution in [-0.4, -0.2) is 24.2 Å². The lowest BCUT2D eigenvalue weighted by atomic mass is 10.1. The Hall–Kier alpha value is -4.53. The third-order valence-electron chi connectivity index (χ3n) is 5.47. The first-order chi connectivity index (χ1) is 18.0. The Bertz CT molecular complexity index is 1530. The second-order valence-corrected chi connectivity index (χ2v) is 9.71. The van der Waals surface area contributed by atoms with E-state index in [2.05, 4.69) is 5.32 Å². The average Bonchev–Trinajstić information content (AvgIpc) is 3.29. The summed E-state index contributed by atoms with van der Waals surface area (Å²) in [5.74, 6) is 0.344. The van der Waals surface area contributed by atoms with Crippen molar-refractivity contribution in [1.29, 1.82) is 0 Å². The van der Waals surface area contributed by atoms with Gasteiger partial charge in [-0.2, -0.15) is 0 Å². The quantitative estimate of drug-likeness (QED) is 0.310. The molecule has 0 radical (unpaired) electrons. The molecule has 0 atom stereocenters. The molecule has 0 aliphatic heterocycles. The Kier molecular flexibility index (Phi) is 7.57. The van der Waals surface area contributed by atoms with Crippen LogP contribution in [0.1, 0.15) is 37.5 Å². The van der Waals surface area contributed by atoms with E-state index < -0.39 is 29.8 Å². The molecule has 38 heavy (non-hydrogen) atoms. The Labute approximate surface area is 219 Å². The van der Waals surface area contributed by atoms with Crippen molar-refractivity contribution in [2.75, 3.05) is 6.54 Å². The molecule has 1 N–H and O–H groups in total. The molecule has 2 heterocycles.